The number of methoxy groups -OCH3 is 1. The number of carbonyl (C=O) groups is 1. The second-order valence-electron chi connectivity index (χ2n) is 5.58. The van der Waals surface area contributed by atoms with Gasteiger partial charge in [0.25, 0.3) is 0 Å². The molecule has 4 heteroatoms. The lowest BCUT2D eigenvalue weighted by Crippen LogP contribution is -2.32. The molecule has 1 heterocycles. The van der Waals surface area contributed by atoms with E-state index >= 15 is 0 Å². The van der Waals surface area contributed by atoms with Gasteiger partial charge in [-0.25, -0.2) is 0 Å². The van der Waals surface area contributed by atoms with Crippen molar-refractivity contribution in [2.45, 2.75) is 38.2 Å². The molecule has 1 atom stereocenters. The number of para-hydroxylation sites is 1. The van der Waals surface area contributed by atoms with Gasteiger partial charge in [-0.2, -0.15) is 0 Å². The normalized spacial score (nSPS) is 18.3. The van der Waals surface area contributed by atoms with E-state index < -0.39 is 0 Å². The van der Waals surface area contributed by atoms with Gasteiger partial charge in [0.1, 0.15) is 5.75 Å². The highest BCUT2D eigenvalue weighted by molar-refractivity contribution is 5.79. The third-order valence-corrected chi connectivity index (χ3v) is 4.02. The molecule has 4 nitrogen and oxygen atoms in total. The Labute approximate surface area is 127 Å². The quantitative estimate of drug-likeness (QED) is 0.809. The first-order chi connectivity index (χ1) is 10.2. The first kappa shape index (κ1) is 15.8. The van der Waals surface area contributed by atoms with E-state index in [9.17, 15) is 4.79 Å². The Hall–Kier alpha value is -1.55. The van der Waals surface area contributed by atoms with Gasteiger partial charge < -0.3 is 14.4 Å². The van der Waals surface area contributed by atoms with Gasteiger partial charge >= 0.3 is 0 Å². The predicted molar refractivity (Wildman–Crippen MR) is 82.5 cm³/mol. The Morgan fingerprint density at radius 2 is 2.19 bits per heavy atom. The highest BCUT2D eigenvalue weighted by Crippen LogP contribution is 2.19. The van der Waals surface area contributed by atoms with E-state index in [2.05, 4.69) is 0 Å². The van der Waals surface area contributed by atoms with Crippen molar-refractivity contribution in [3.63, 3.8) is 0 Å². The summed E-state index contributed by atoms with van der Waals surface area (Å²) in [6.45, 7) is 1.61. The number of hydrogen-bond acceptors (Lipinski definition) is 3. The summed E-state index contributed by atoms with van der Waals surface area (Å²) in [6.07, 6.45) is 5.15. The smallest absolute Gasteiger partial charge is 0.226 e. The summed E-state index contributed by atoms with van der Waals surface area (Å²) in [5, 5.41) is 0. The lowest BCUT2D eigenvalue weighted by molar-refractivity contribution is -0.129. The Kier molecular flexibility index (Phi) is 6.05. The zero-order chi connectivity index (χ0) is 15.1. The molecule has 0 N–H and O–H groups in total. The third-order valence-electron chi connectivity index (χ3n) is 4.02. The maximum Gasteiger partial charge on any atom is 0.226 e. The average molecular weight is 291 g/mol. The molecule has 1 aliphatic heterocycles. The molecule has 1 unspecified atom stereocenters. The maximum atomic E-state index is 12.3. The fourth-order valence-corrected chi connectivity index (χ4v) is 2.64. The number of amides is 1. The highest BCUT2D eigenvalue weighted by atomic mass is 16.5. The van der Waals surface area contributed by atoms with Crippen LogP contribution in [-0.4, -0.2) is 44.2 Å². The maximum absolute atomic E-state index is 12.3. The van der Waals surface area contributed by atoms with E-state index in [1.54, 1.807) is 12.0 Å². The molecule has 0 bridgehead atoms. The lowest BCUT2D eigenvalue weighted by Gasteiger charge is -2.25. The summed E-state index contributed by atoms with van der Waals surface area (Å²) >= 11 is 0. The van der Waals surface area contributed by atoms with Crippen LogP contribution in [0, 0.1) is 0 Å². The van der Waals surface area contributed by atoms with Gasteiger partial charge in [-0.15, -0.1) is 0 Å². The molecule has 0 aromatic heterocycles. The second-order valence-corrected chi connectivity index (χ2v) is 5.58. The Balaban J connectivity index is 1.81. The van der Waals surface area contributed by atoms with Gasteiger partial charge in [-0.3, -0.25) is 4.79 Å². The van der Waals surface area contributed by atoms with Crippen LogP contribution in [0.2, 0.25) is 0 Å². The summed E-state index contributed by atoms with van der Waals surface area (Å²) in [5.41, 5.74) is 0.936. The fourth-order valence-electron chi connectivity index (χ4n) is 2.64. The Bertz CT molecular complexity index is 455. The summed E-state index contributed by atoms with van der Waals surface area (Å²) in [5.74, 6) is 0.894. The van der Waals surface area contributed by atoms with Gasteiger partial charge in [-0.1, -0.05) is 18.2 Å². The summed E-state index contributed by atoms with van der Waals surface area (Å²) in [6, 6.07) is 7.67. The van der Waals surface area contributed by atoms with Crippen LogP contribution in [0.1, 0.15) is 31.2 Å². The number of rotatable bonds is 6. The molecule has 1 aromatic carbocycles. The molecular formula is C17H25NO3. The van der Waals surface area contributed by atoms with E-state index in [1.165, 1.54) is 12.8 Å². The summed E-state index contributed by atoms with van der Waals surface area (Å²) in [7, 11) is 3.49. The number of benzene rings is 1. The summed E-state index contributed by atoms with van der Waals surface area (Å²) < 4.78 is 11.0. The van der Waals surface area contributed by atoms with E-state index in [1.807, 2.05) is 31.3 Å². The standard InChI is InChI=1S/C17H25NO3/c1-18(11-10-15-8-5-6-12-21-15)17(19)13-14-7-3-4-9-16(14)20-2/h3-4,7,9,15H,5-6,8,10-13H2,1-2H3. The molecule has 21 heavy (non-hydrogen) atoms. The van der Waals surface area contributed by atoms with Crippen molar-refractivity contribution >= 4 is 5.91 Å². The van der Waals surface area contributed by atoms with Crippen LogP contribution in [0.3, 0.4) is 0 Å². The van der Waals surface area contributed by atoms with Crippen molar-refractivity contribution in [3.8, 4) is 5.75 Å². The van der Waals surface area contributed by atoms with Crippen LogP contribution in [0.25, 0.3) is 0 Å². The lowest BCUT2D eigenvalue weighted by atomic mass is 10.1. The van der Waals surface area contributed by atoms with Crippen LogP contribution in [0.5, 0.6) is 5.75 Å². The topological polar surface area (TPSA) is 38.8 Å². The van der Waals surface area contributed by atoms with Crippen molar-refractivity contribution < 1.29 is 14.3 Å². The minimum atomic E-state index is 0.121. The molecule has 2 rings (SSSR count). The molecule has 1 aliphatic rings. The zero-order valence-corrected chi connectivity index (χ0v) is 13.0. The van der Waals surface area contributed by atoms with Crippen molar-refractivity contribution in [1.29, 1.82) is 0 Å². The molecule has 1 amide bonds. The van der Waals surface area contributed by atoms with Crippen LogP contribution >= 0.6 is 0 Å². The second kappa shape index (κ2) is 8.03. The molecule has 1 saturated heterocycles. The van der Waals surface area contributed by atoms with Crippen molar-refractivity contribution in [1.82, 2.24) is 4.90 Å². The monoisotopic (exact) mass is 291 g/mol. The molecule has 0 radical (unpaired) electrons. The van der Waals surface area contributed by atoms with Crippen molar-refractivity contribution in [2.24, 2.45) is 0 Å². The van der Waals surface area contributed by atoms with Gasteiger partial charge in [0.15, 0.2) is 0 Å². The Morgan fingerprint density at radius 3 is 2.90 bits per heavy atom. The third kappa shape index (κ3) is 4.74. The first-order valence-electron chi connectivity index (χ1n) is 7.68. The van der Waals surface area contributed by atoms with E-state index in [-0.39, 0.29) is 5.91 Å². The molecule has 0 spiro atoms. The number of nitrogens with zero attached hydrogens (tertiary/aromatic N) is 1. The molecule has 1 aromatic rings. The number of likely N-dealkylation sites (N-methyl/N-ethyl adjacent to an activating group) is 1. The molecular weight excluding hydrogens is 266 g/mol. The van der Waals surface area contributed by atoms with Crippen LogP contribution in [-0.2, 0) is 16.0 Å². The Morgan fingerprint density at radius 1 is 1.38 bits per heavy atom. The zero-order valence-electron chi connectivity index (χ0n) is 13.0. The average Bonchev–Trinajstić information content (AvgIpc) is 2.54. The minimum Gasteiger partial charge on any atom is -0.496 e. The minimum absolute atomic E-state index is 0.121. The predicted octanol–water partition coefficient (Wildman–Crippen LogP) is 2.66. The van der Waals surface area contributed by atoms with Crippen LogP contribution in [0.15, 0.2) is 24.3 Å². The van der Waals surface area contributed by atoms with E-state index in [4.69, 9.17) is 9.47 Å². The van der Waals surface area contributed by atoms with Crippen molar-refractivity contribution in [3.05, 3.63) is 29.8 Å². The highest BCUT2D eigenvalue weighted by Gasteiger charge is 2.17. The largest absolute Gasteiger partial charge is 0.496 e. The summed E-state index contributed by atoms with van der Waals surface area (Å²) in [4.78, 5) is 14.1. The van der Waals surface area contributed by atoms with Gasteiger partial charge in [-0.05, 0) is 31.7 Å². The van der Waals surface area contributed by atoms with Crippen LogP contribution < -0.4 is 4.74 Å². The molecule has 1 fully saturated rings. The van der Waals surface area contributed by atoms with Gasteiger partial charge in [0.2, 0.25) is 5.91 Å². The SMILES string of the molecule is COc1ccccc1CC(=O)N(C)CCC1CCCCO1. The van der Waals surface area contributed by atoms with E-state index in [0.717, 1.165) is 37.3 Å². The van der Waals surface area contributed by atoms with Crippen molar-refractivity contribution in [2.75, 3.05) is 27.3 Å². The van der Waals surface area contributed by atoms with Gasteiger partial charge in [0.05, 0.1) is 19.6 Å². The molecule has 0 saturated carbocycles. The van der Waals surface area contributed by atoms with E-state index in [0.29, 0.717) is 12.5 Å². The molecule has 0 aliphatic carbocycles. The molecule has 116 valence electrons. The number of carbonyl (C=O) groups excluding carboxylic acids is 1. The van der Waals surface area contributed by atoms with Gasteiger partial charge in [0, 0.05) is 25.8 Å². The van der Waals surface area contributed by atoms with Crippen LogP contribution in [0.4, 0.5) is 0 Å². The first-order valence-corrected chi connectivity index (χ1v) is 7.68. The number of hydrogen-bond donors (Lipinski definition) is 0. The fraction of sp³-hybridized carbons (Fsp3) is 0.588. The number of ether oxygens (including phenoxy) is 2.